The van der Waals surface area contributed by atoms with Gasteiger partial charge < -0.3 is 41.1 Å². The van der Waals surface area contributed by atoms with Crippen molar-refractivity contribution in [2.45, 2.75) is 12.1 Å². The molecule has 0 amide bonds. The molecular formula is C10H13NO8. The van der Waals surface area contributed by atoms with Crippen molar-refractivity contribution in [1.82, 2.24) is 0 Å². The van der Waals surface area contributed by atoms with Crippen molar-refractivity contribution in [3.8, 4) is 28.7 Å². The van der Waals surface area contributed by atoms with Crippen LogP contribution in [0.25, 0.3) is 0 Å². The topological polar surface area (TPSA) is 174 Å². The van der Waals surface area contributed by atoms with Gasteiger partial charge in [0.2, 0.25) is 17.2 Å². The molecule has 0 bridgehead atoms. The number of carbonyl (C=O) groups is 1. The average molecular weight is 275 g/mol. The Bertz CT molecular complexity index is 486. The molecule has 8 N–H and O–H groups in total. The van der Waals surface area contributed by atoms with E-state index in [1.54, 1.807) is 0 Å². The third kappa shape index (κ3) is 2.28. The molecule has 106 valence electrons. The van der Waals surface area contributed by atoms with Gasteiger partial charge in [0, 0.05) is 7.11 Å². The van der Waals surface area contributed by atoms with Crippen LogP contribution in [0.5, 0.6) is 28.7 Å². The van der Waals surface area contributed by atoms with Crippen LogP contribution in [0.1, 0.15) is 11.7 Å². The van der Waals surface area contributed by atoms with E-state index in [1.807, 2.05) is 0 Å². The van der Waals surface area contributed by atoms with E-state index in [-0.39, 0.29) is 0 Å². The summed E-state index contributed by atoms with van der Waals surface area (Å²) in [5, 5.41) is 55.9. The van der Waals surface area contributed by atoms with Gasteiger partial charge in [-0.2, -0.15) is 0 Å². The summed E-state index contributed by atoms with van der Waals surface area (Å²) in [6.07, 6.45) is -1.56. The molecule has 2 atom stereocenters. The summed E-state index contributed by atoms with van der Waals surface area (Å²) in [5.41, 5.74) is 4.66. The molecule has 0 saturated heterocycles. The SMILES string of the molecule is COC(c1c(O)c(O)c(O)c(O)c1O)C(N)C(=O)O. The molecule has 1 aromatic carbocycles. The Hall–Kier alpha value is -2.39. The molecule has 0 fully saturated rings. The van der Waals surface area contributed by atoms with Crippen molar-refractivity contribution in [3.63, 3.8) is 0 Å². The van der Waals surface area contributed by atoms with Gasteiger partial charge in [0.25, 0.3) is 0 Å². The molecule has 0 heterocycles. The van der Waals surface area contributed by atoms with Gasteiger partial charge in [0.15, 0.2) is 11.5 Å². The molecule has 2 unspecified atom stereocenters. The lowest BCUT2D eigenvalue weighted by atomic mass is 9.99. The molecule has 0 aliphatic heterocycles. The zero-order chi connectivity index (χ0) is 14.9. The van der Waals surface area contributed by atoms with Crippen LogP contribution in [-0.2, 0) is 9.53 Å². The van der Waals surface area contributed by atoms with Crippen LogP contribution in [0.2, 0.25) is 0 Å². The minimum atomic E-state index is -1.69. The number of methoxy groups -OCH3 is 1. The quantitative estimate of drug-likeness (QED) is 0.277. The Kier molecular flexibility index (Phi) is 3.92. The van der Waals surface area contributed by atoms with E-state index in [0.717, 1.165) is 7.11 Å². The number of nitrogens with two attached hydrogens (primary N) is 1. The predicted molar refractivity (Wildman–Crippen MR) is 60.1 cm³/mol. The lowest BCUT2D eigenvalue weighted by Crippen LogP contribution is -2.37. The lowest BCUT2D eigenvalue weighted by molar-refractivity contribution is -0.142. The maximum absolute atomic E-state index is 10.8. The Balaban J connectivity index is 3.53. The van der Waals surface area contributed by atoms with Crippen molar-refractivity contribution >= 4 is 5.97 Å². The van der Waals surface area contributed by atoms with Crippen LogP contribution < -0.4 is 5.73 Å². The monoisotopic (exact) mass is 275 g/mol. The van der Waals surface area contributed by atoms with E-state index in [4.69, 9.17) is 15.6 Å². The number of carboxylic acids is 1. The molecule has 0 radical (unpaired) electrons. The lowest BCUT2D eigenvalue weighted by Gasteiger charge is -2.22. The van der Waals surface area contributed by atoms with E-state index in [0.29, 0.717) is 0 Å². The van der Waals surface area contributed by atoms with Crippen LogP contribution in [0, 0.1) is 0 Å². The molecular weight excluding hydrogens is 262 g/mol. The molecule has 1 aromatic rings. The smallest absolute Gasteiger partial charge is 0.323 e. The number of carboxylic acid groups (broad SMARTS) is 1. The first-order valence-electron chi connectivity index (χ1n) is 4.93. The summed E-state index contributed by atoms with van der Waals surface area (Å²) in [7, 11) is 1.05. The highest BCUT2D eigenvalue weighted by atomic mass is 16.5. The van der Waals surface area contributed by atoms with Crippen molar-refractivity contribution in [3.05, 3.63) is 5.56 Å². The summed E-state index contributed by atoms with van der Waals surface area (Å²) >= 11 is 0. The second-order valence-electron chi connectivity index (χ2n) is 3.68. The van der Waals surface area contributed by atoms with Crippen molar-refractivity contribution in [2.24, 2.45) is 5.73 Å². The van der Waals surface area contributed by atoms with Crippen molar-refractivity contribution in [1.29, 1.82) is 0 Å². The average Bonchev–Trinajstić information content (AvgIpc) is 2.38. The van der Waals surface area contributed by atoms with Gasteiger partial charge >= 0.3 is 5.97 Å². The van der Waals surface area contributed by atoms with Crippen molar-refractivity contribution in [2.75, 3.05) is 7.11 Å². The minimum Gasteiger partial charge on any atom is -0.504 e. The first kappa shape index (κ1) is 14.7. The first-order valence-corrected chi connectivity index (χ1v) is 4.93. The fourth-order valence-corrected chi connectivity index (χ4v) is 1.55. The highest BCUT2D eigenvalue weighted by molar-refractivity contribution is 5.76. The molecule has 0 spiro atoms. The Morgan fingerprint density at radius 2 is 1.37 bits per heavy atom. The summed E-state index contributed by atoms with van der Waals surface area (Å²) in [6, 6.07) is -1.69. The fourth-order valence-electron chi connectivity index (χ4n) is 1.55. The van der Waals surface area contributed by atoms with Gasteiger partial charge in [-0.05, 0) is 0 Å². The zero-order valence-corrected chi connectivity index (χ0v) is 9.73. The number of phenolic OH excluding ortho intramolecular Hbond substituents is 5. The molecule has 1 rings (SSSR count). The Morgan fingerprint density at radius 1 is 1.00 bits per heavy atom. The molecule has 0 aliphatic carbocycles. The number of phenols is 5. The van der Waals surface area contributed by atoms with Crippen molar-refractivity contribution < 1.29 is 40.2 Å². The highest BCUT2D eigenvalue weighted by Gasteiger charge is 2.34. The number of ether oxygens (including phenoxy) is 1. The number of hydrogen-bond acceptors (Lipinski definition) is 8. The zero-order valence-electron chi connectivity index (χ0n) is 9.73. The summed E-state index contributed by atoms with van der Waals surface area (Å²) in [6.45, 7) is 0. The highest BCUT2D eigenvalue weighted by Crippen LogP contribution is 2.53. The molecule has 9 nitrogen and oxygen atoms in total. The second-order valence-corrected chi connectivity index (χ2v) is 3.68. The standard InChI is InChI=1S/C10H13NO8/c1-19-9(3(11)10(17)18)2-4(12)6(14)8(16)7(15)5(2)13/h3,9,12-16H,11H2,1H3,(H,17,18). The maximum atomic E-state index is 10.8. The van der Waals surface area contributed by atoms with Gasteiger partial charge in [-0.25, -0.2) is 0 Å². The van der Waals surface area contributed by atoms with Crippen LogP contribution >= 0.6 is 0 Å². The number of benzene rings is 1. The number of hydrogen-bond donors (Lipinski definition) is 7. The van der Waals surface area contributed by atoms with E-state index >= 15 is 0 Å². The second kappa shape index (κ2) is 5.08. The van der Waals surface area contributed by atoms with E-state index in [9.17, 15) is 30.3 Å². The summed E-state index contributed by atoms with van der Waals surface area (Å²) in [4.78, 5) is 10.8. The summed E-state index contributed by atoms with van der Waals surface area (Å²) < 4.78 is 4.74. The van der Waals surface area contributed by atoms with Gasteiger partial charge in [0.05, 0.1) is 5.56 Å². The van der Waals surface area contributed by atoms with Gasteiger partial charge in [-0.1, -0.05) is 0 Å². The van der Waals surface area contributed by atoms with Crippen LogP contribution in [0.4, 0.5) is 0 Å². The number of rotatable bonds is 4. The van der Waals surface area contributed by atoms with Crippen LogP contribution in [0.15, 0.2) is 0 Å². The Labute approximate surface area is 106 Å². The third-order valence-corrected chi connectivity index (χ3v) is 2.56. The summed E-state index contributed by atoms with van der Waals surface area (Å²) in [5.74, 6) is -7.02. The van der Waals surface area contributed by atoms with Crippen LogP contribution in [-0.4, -0.2) is 49.8 Å². The molecule has 0 aromatic heterocycles. The molecule has 19 heavy (non-hydrogen) atoms. The largest absolute Gasteiger partial charge is 0.504 e. The molecule has 0 saturated carbocycles. The van der Waals surface area contributed by atoms with E-state index in [1.165, 1.54) is 0 Å². The maximum Gasteiger partial charge on any atom is 0.323 e. The van der Waals surface area contributed by atoms with Gasteiger partial charge in [-0.3, -0.25) is 4.79 Å². The Morgan fingerprint density at radius 3 is 1.68 bits per heavy atom. The number of aromatic hydroxyl groups is 5. The predicted octanol–water partition coefficient (Wildman–Crippen LogP) is -0.686. The van der Waals surface area contributed by atoms with Crippen LogP contribution in [0.3, 0.4) is 0 Å². The van der Waals surface area contributed by atoms with Gasteiger partial charge in [0.1, 0.15) is 12.1 Å². The first-order chi connectivity index (χ1) is 8.73. The minimum absolute atomic E-state index is 0.648. The fraction of sp³-hybridized carbons (Fsp3) is 0.300. The van der Waals surface area contributed by atoms with Gasteiger partial charge in [-0.15, -0.1) is 0 Å². The number of aliphatic carboxylic acids is 1. The normalized spacial score (nSPS) is 14.0. The third-order valence-electron chi connectivity index (χ3n) is 2.56. The molecule has 9 heteroatoms. The molecule has 0 aliphatic rings. The van der Waals surface area contributed by atoms with E-state index in [2.05, 4.69) is 0 Å². The van der Waals surface area contributed by atoms with E-state index < -0.39 is 52.4 Å².